The molecule has 10 atom stereocenters. The van der Waals surface area contributed by atoms with Crippen LogP contribution in [0.3, 0.4) is 0 Å². The average Bonchev–Trinajstić information content (AvgIpc) is 3.14. The van der Waals surface area contributed by atoms with Crippen molar-refractivity contribution in [1.29, 1.82) is 0 Å². The normalized spacial score (nSPS) is 28.5. The summed E-state index contributed by atoms with van der Waals surface area (Å²) in [4.78, 5) is 22.2. The molecule has 15 nitrogen and oxygen atoms in total. The summed E-state index contributed by atoms with van der Waals surface area (Å²) in [6.07, 6.45) is -14.0. The summed E-state index contributed by atoms with van der Waals surface area (Å²) in [5.74, 6) is -1.94. The summed E-state index contributed by atoms with van der Waals surface area (Å²) in [5, 5.41) is 67.3. The Morgan fingerprint density at radius 2 is 1.18 bits per heavy atom. The minimum Gasteiger partial charge on any atom is -0.478 e. The number of nitrogens with one attached hydrogen (secondary N) is 1. The fraction of sp³-hybridized carbons (Fsp3) is 0.471. The maximum atomic E-state index is 12.7. The van der Waals surface area contributed by atoms with E-state index in [1.807, 2.05) is 0 Å². The number of carbonyl (C=O) groups is 2. The number of methoxy groups -OCH3 is 2. The van der Waals surface area contributed by atoms with Crippen LogP contribution < -0.4 is 11.1 Å². The number of nitrogens with two attached hydrogens (primary N) is 1. The van der Waals surface area contributed by atoms with E-state index in [-0.39, 0.29) is 17.7 Å². The molecule has 2 saturated heterocycles. The molecule has 308 valence electrons. The summed E-state index contributed by atoms with van der Waals surface area (Å²) in [6, 6.07) is 6.90. The minimum atomic E-state index is -4.50. The molecule has 0 spiro atoms. The van der Waals surface area contributed by atoms with Crippen molar-refractivity contribution in [3.63, 3.8) is 0 Å². The van der Waals surface area contributed by atoms with Gasteiger partial charge in [0.25, 0.3) is 0 Å². The number of alkyl halides is 6. The zero-order chi connectivity index (χ0) is 41.7. The summed E-state index contributed by atoms with van der Waals surface area (Å²) >= 11 is 0. The number of benzene rings is 2. The highest BCUT2D eigenvalue weighted by molar-refractivity contribution is 5.92. The van der Waals surface area contributed by atoms with Crippen molar-refractivity contribution in [3.8, 4) is 0 Å². The molecule has 0 radical (unpaired) electrons. The SMILES string of the molecule is COC1OC(CO)C(O)C(O)C1N.COC1OC(CO)C(O)C(O)C1NC(=O)/C=C/c1cccc(C(F)(F)F)c1.O=C(O)/C=C/c1cccc(C(F)(F)F)c1. The molecular weight excluding hydrogens is 758 g/mol. The van der Waals surface area contributed by atoms with E-state index in [1.165, 1.54) is 44.6 Å². The van der Waals surface area contributed by atoms with Crippen LogP contribution in [0.2, 0.25) is 0 Å². The molecule has 2 aliphatic rings. The zero-order valence-corrected chi connectivity index (χ0v) is 29.0. The fourth-order valence-electron chi connectivity index (χ4n) is 4.94. The third kappa shape index (κ3) is 14.2. The largest absolute Gasteiger partial charge is 0.478 e. The van der Waals surface area contributed by atoms with Crippen molar-refractivity contribution in [3.05, 3.63) is 82.9 Å². The van der Waals surface area contributed by atoms with Gasteiger partial charge in [0.1, 0.15) is 42.7 Å². The second-order valence-corrected chi connectivity index (χ2v) is 11.7. The van der Waals surface area contributed by atoms with Gasteiger partial charge in [-0.05, 0) is 47.5 Å². The molecule has 0 aliphatic carbocycles. The fourth-order valence-corrected chi connectivity index (χ4v) is 4.94. The number of hydrogen-bond acceptors (Lipinski definition) is 13. The maximum Gasteiger partial charge on any atom is 0.416 e. The van der Waals surface area contributed by atoms with Crippen LogP contribution in [0.1, 0.15) is 22.3 Å². The summed E-state index contributed by atoms with van der Waals surface area (Å²) in [6.45, 7) is -0.945. The van der Waals surface area contributed by atoms with Crippen molar-refractivity contribution in [2.24, 2.45) is 5.73 Å². The van der Waals surface area contributed by atoms with Gasteiger partial charge in [-0.15, -0.1) is 0 Å². The van der Waals surface area contributed by atoms with Gasteiger partial charge in [-0.2, -0.15) is 26.3 Å². The van der Waals surface area contributed by atoms with Gasteiger partial charge in [0, 0.05) is 26.4 Å². The molecule has 1 amide bonds. The van der Waals surface area contributed by atoms with Gasteiger partial charge in [0.05, 0.1) is 30.4 Å². The molecule has 55 heavy (non-hydrogen) atoms. The lowest BCUT2D eigenvalue weighted by atomic mass is 9.97. The maximum absolute atomic E-state index is 12.7. The Hall–Kier alpha value is -4.00. The van der Waals surface area contributed by atoms with Crippen LogP contribution in [0.25, 0.3) is 12.2 Å². The zero-order valence-electron chi connectivity index (χ0n) is 29.0. The molecule has 10 N–H and O–H groups in total. The van der Waals surface area contributed by atoms with Crippen LogP contribution in [-0.2, 0) is 40.9 Å². The molecule has 10 unspecified atom stereocenters. The van der Waals surface area contributed by atoms with E-state index >= 15 is 0 Å². The average molecular weight is 801 g/mol. The molecule has 2 aromatic carbocycles. The molecular formula is C34H42F6N2O13. The van der Waals surface area contributed by atoms with Crippen LogP contribution in [0.5, 0.6) is 0 Å². The second kappa shape index (κ2) is 21.3. The number of ether oxygens (including phenoxy) is 4. The van der Waals surface area contributed by atoms with Gasteiger partial charge in [0.2, 0.25) is 5.91 Å². The Bertz CT molecular complexity index is 1560. The first-order valence-electron chi connectivity index (χ1n) is 16.0. The predicted molar refractivity (Wildman–Crippen MR) is 178 cm³/mol. The Morgan fingerprint density at radius 1 is 0.745 bits per heavy atom. The Balaban J connectivity index is 0.000000314. The van der Waals surface area contributed by atoms with Gasteiger partial charge < -0.3 is 65.7 Å². The predicted octanol–water partition coefficient (Wildman–Crippen LogP) is 0.491. The Kier molecular flexibility index (Phi) is 18.3. The summed E-state index contributed by atoms with van der Waals surface area (Å²) in [7, 11) is 2.63. The second-order valence-electron chi connectivity index (χ2n) is 11.7. The quantitative estimate of drug-likeness (QED) is 0.124. The number of rotatable bonds is 9. The number of carbonyl (C=O) groups excluding carboxylic acids is 1. The van der Waals surface area contributed by atoms with Gasteiger partial charge in [-0.3, -0.25) is 4.79 Å². The van der Waals surface area contributed by atoms with Gasteiger partial charge in [-0.1, -0.05) is 24.3 Å². The number of carboxylic acids is 1. The monoisotopic (exact) mass is 800 g/mol. The van der Waals surface area contributed by atoms with Gasteiger partial charge in [0.15, 0.2) is 12.6 Å². The molecule has 2 aromatic rings. The van der Waals surface area contributed by atoms with Crippen molar-refractivity contribution in [2.75, 3.05) is 27.4 Å². The molecule has 2 fully saturated rings. The smallest absolute Gasteiger partial charge is 0.416 e. The first-order valence-corrected chi connectivity index (χ1v) is 16.0. The van der Waals surface area contributed by atoms with E-state index in [2.05, 4.69) is 5.32 Å². The highest BCUT2D eigenvalue weighted by Gasteiger charge is 2.45. The third-order valence-corrected chi connectivity index (χ3v) is 7.86. The molecule has 2 aliphatic heterocycles. The number of halogens is 6. The minimum absolute atomic E-state index is 0.157. The lowest BCUT2D eigenvalue weighted by Gasteiger charge is -2.41. The highest BCUT2D eigenvalue weighted by Crippen LogP contribution is 2.31. The number of aliphatic carboxylic acids is 1. The molecule has 2 heterocycles. The standard InChI is InChI=1S/C17H20F3NO6.C10H7F3O2.C7H15NO5/c1-26-16-13(15(25)14(24)11(8-22)27-16)21-12(23)6-5-9-3-2-4-10(7-9)17(18,19)20;11-10(12,13)8-3-1-2-7(6-8)4-5-9(14)15;1-12-7-4(8)6(11)5(10)3(2-9)13-7/h2-7,11,13-16,22,24-25H,8H2,1H3,(H,21,23);1-6H,(H,14,15);3-7,9-11H,2,8H2,1H3/b6-5+;5-4+;. The summed E-state index contributed by atoms with van der Waals surface area (Å²) < 4.78 is 94.9. The van der Waals surface area contributed by atoms with E-state index in [0.717, 1.165) is 42.5 Å². The van der Waals surface area contributed by atoms with E-state index in [1.54, 1.807) is 0 Å². The number of aliphatic hydroxyl groups excluding tert-OH is 6. The third-order valence-electron chi connectivity index (χ3n) is 7.86. The van der Waals surface area contributed by atoms with Crippen molar-refractivity contribution < 1.29 is 90.6 Å². The molecule has 0 bridgehead atoms. The van der Waals surface area contributed by atoms with E-state index in [0.29, 0.717) is 0 Å². The van der Waals surface area contributed by atoms with Crippen LogP contribution in [-0.4, -0.2) is 136 Å². The molecule has 0 saturated carbocycles. The van der Waals surface area contributed by atoms with Gasteiger partial charge >= 0.3 is 18.3 Å². The van der Waals surface area contributed by atoms with E-state index < -0.39 is 103 Å². The number of aliphatic hydroxyl groups is 6. The Labute approximate surface area is 309 Å². The van der Waals surface area contributed by atoms with E-state index in [9.17, 15) is 56.4 Å². The number of amides is 1. The number of hydrogen-bond donors (Lipinski definition) is 9. The summed E-state index contributed by atoms with van der Waals surface area (Å²) in [5.41, 5.74) is 4.21. The van der Waals surface area contributed by atoms with Crippen molar-refractivity contribution >= 4 is 24.0 Å². The lowest BCUT2D eigenvalue weighted by molar-refractivity contribution is -0.262. The topological polar surface area (TPSA) is 251 Å². The van der Waals surface area contributed by atoms with Gasteiger partial charge in [-0.25, -0.2) is 4.79 Å². The van der Waals surface area contributed by atoms with Crippen molar-refractivity contribution in [1.82, 2.24) is 5.32 Å². The molecule has 4 rings (SSSR count). The van der Waals surface area contributed by atoms with Crippen LogP contribution in [0.4, 0.5) is 26.3 Å². The van der Waals surface area contributed by atoms with Crippen LogP contribution >= 0.6 is 0 Å². The Morgan fingerprint density at radius 3 is 1.60 bits per heavy atom. The first kappa shape index (κ1) is 47.2. The lowest BCUT2D eigenvalue weighted by Crippen LogP contribution is -2.64. The van der Waals surface area contributed by atoms with Crippen LogP contribution in [0.15, 0.2) is 60.7 Å². The van der Waals surface area contributed by atoms with E-state index in [4.69, 9.17) is 40.0 Å². The first-order chi connectivity index (χ1) is 25.7. The van der Waals surface area contributed by atoms with Crippen molar-refractivity contribution in [2.45, 2.75) is 73.6 Å². The van der Waals surface area contributed by atoms with Crippen LogP contribution in [0, 0.1) is 0 Å². The molecule has 0 aromatic heterocycles. The number of carboxylic acid groups (broad SMARTS) is 1. The highest BCUT2D eigenvalue weighted by atomic mass is 19.4. The molecule has 21 heteroatoms.